The molecule has 2 aromatic carbocycles. The highest BCUT2D eigenvalue weighted by Crippen LogP contribution is 2.38. The number of morpholine rings is 1. The Morgan fingerprint density at radius 3 is 2.14 bits per heavy atom. The Bertz CT molecular complexity index is 1410. The van der Waals surface area contributed by atoms with Crippen LogP contribution >= 0.6 is 0 Å². The summed E-state index contributed by atoms with van der Waals surface area (Å²) in [4.78, 5) is 27.3. The molecular weight excluding hydrogens is 572 g/mol. The number of nitrogens with one attached hydrogen (secondary N) is 3. The van der Waals surface area contributed by atoms with Gasteiger partial charge in [-0.05, 0) is 42.8 Å². The molecule has 1 aromatic heterocycles. The molecule has 1 aliphatic heterocycles. The van der Waals surface area contributed by atoms with E-state index in [1.807, 2.05) is 25.1 Å². The molecule has 3 aromatic rings. The predicted molar refractivity (Wildman–Crippen MR) is 144 cm³/mol. The van der Waals surface area contributed by atoms with Gasteiger partial charge < -0.3 is 30.7 Å². The van der Waals surface area contributed by atoms with Gasteiger partial charge in [-0.2, -0.15) is 26.3 Å². The summed E-state index contributed by atoms with van der Waals surface area (Å²) in [7, 11) is 1.46. The van der Waals surface area contributed by atoms with E-state index in [2.05, 4.69) is 25.8 Å². The van der Waals surface area contributed by atoms with Crippen LogP contribution in [0.15, 0.2) is 54.7 Å². The number of benzene rings is 2. The molecule has 4 rings (SSSR count). The van der Waals surface area contributed by atoms with Gasteiger partial charge in [-0.1, -0.05) is 12.1 Å². The lowest BCUT2D eigenvalue weighted by Crippen LogP contribution is -2.36. The van der Waals surface area contributed by atoms with Crippen LogP contribution in [0.4, 0.5) is 54.9 Å². The lowest BCUT2D eigenvalue weighted by atomic mass is 10.1. The number of aromatic nitrogens is 1. The Morgan fingerprint density at radius 1 is 0.929 bits per heavy atom. The van der Waals surface area contributed by atoms with Gasteiger partial charge in [0.2, 0.25) is 0 Å². The number of aryl methyl sites for hydroxylation is 1. The number of alkyl halides is 6. The number of hydrogen-bond donors (Lipinski definition) is 4. The van der Waals surface area contributed by atoms with Crippen molar-refractivity contribution in [3.63, 3.8) is 0 Å². The van der Waals surface area contributed by atoms with Crippen LogP contribution in [-0.2, 0) is 15.7 Å². The van der Waals surface area contributed by atoms with E-state index in [-0.39, 0.29) is 22.8 Å². The molecule has 1 amide bonds. The number of aliphatic carboxylic acids is 1. The minimum absolute atomic E-state index is 0.214. The van der Waals surface area contributed by atoms with Crippen molar-refractivity contribution < 1.29 is 45.8 Å². The molecule has 42 heavy (non-hydrogen) atoms. The summed E-state index contributed by atoms with van der Waals surface area (Å²) >= 11 is 0. The molecule has 1 aliphatic rings. The average Bonchev–Trinajstić information content (AvgIpc) is 2.94. The van der Waals surface area contributed by atoms with Gasteiger partial charge in [0.05, 0.1) is 35.7 Å². The van der Waals surface area contributed by atoms with Gasteiger partial charge in [0.15, 0.2) is 0 Å². The molecule has 2 heterocycles. The van der Waals surface area contributed by atoms with Crippen LogP contribution in [-0.4, -0.2) is 61.5 Å². The van der Waals surface area contributed by atoms with Gasteiger partial charge in [-0.15, -0.1) is 0 Å². The number of carboxylic acid groups (broad SMARTS) is 1. The maximum Gasteiger partial charge on any atom is 0.490 e. The summed E-state index contributed by atoms with van der Waals surface area (Å²) in [5.74, 6) is -2.93. The third kappa shape index (κ3) is 8.49. The quantitative estimate of drug-likeness (QED) is 0.266. The Morgan fingerprint density at radius 2 is 1.57 bits per heavy atom. The zero-order chi connectivity index (χ0) is 31.1. The standard InChI is InChI=1S/C25H26F3N5O2.C2HF3O2/c1-16-13-17(33-9-11-35-12-10-33)7-8-20(16)32-23-14-22(19(15-30-23)25(26,27)28)31-21-6-4-3-5-18(21)24(34)29-2;3-2(4,5)1(6)7/h3-8,13-15H,9-12H2,1-2H3,(H,29,34)(H2,30,31,32);(H,6,7). The fourth-order valence-corrected chi connectivity index (χ4v) is 3.87. The maximum atomic E-state index is 13.7. The highest BCUT2D eigenvalue weighted by molar-refractivity contribution is 6.00. The van der Waals surface area contributed by atoms with Crippen LogP contribution in [0.5, 0.6) is 0 Å². The Kier molecular flexibility index (Phi) is 10.2. The lowest BCUT2D eigenvalue weighted by Gasteiger charge is -2.29. The number of pyridine rings is 1. The lowest BCUT2D eigenvalue weighted by molar-refractivity contribution is -0.192. The number of rotatable bonds is 6. The van der Waals surface area contributed by atoms with E-state index < -0.39 is 29.8 Å². The molecule has 0 unspecified atom stereocenters. The van der Waals surface area contributed by atoms with Crippen LogP contribution in [0, 0.1) is 6.92 Å². The van der Waals surface area contributed by atoms with Gasteiger partial charge in [-0.25, -0.2) is 9.78 Å². The van der Waals surface area contributed by atoms with Gasteiger partial charge in [0.1, 0.15) is 5.82 Å². The molecule has 226 valence electrons. The zero-order valence-electron chi connectivity index (χ0n) is 22.4. The molecule has 0 bridgehead atoms. The number of carboxylic acids is 1. The number of halogens is 6. The van der Waals surface area contributed by atoms with E-state index in [1.54, 1.807) is 18.2 Å². The number of carbonyl (C=O) groups excluding carboxylic acids is 1. The van der Waals surface area contributed by atoms with Gasteiger partial charge in [-0.3, -0.25) is 4.79 Å². The molecular formula is C27H27F6N5O4. The van der Waals surface area contributed by atoms with Crippen molar-refractivity contribution in [3.8, 4) is 0 Å². The first-order valence-electron chi connectivity index (χ1n) is 12.4. The Labute approximate surface area is 236 Å². The molecule has 0 saturated carbocycles. The summed E-state index contributed by atoms with van der Waals surface area (Å²) < 4.78 is 78.3. The Balaban J connectivity index is 0.000000616. The number of hydrogen-bond acceptors (Lipinski definition) is 7. The number of amides is 1. The topological polar surface area (TPSA) is 116 Å². The second-order valence-electron chi connectivity index (χ2n) is 8.89. The summed E-state index contributed by atoms with van der Waals surface area (Å²) in [6, 6.07) is 13.5. The summed E-state index contributed by atoms with van der Waals surface area (Å²) in [6.07, 6.45) is -8.93. The van der Waals surface area contributed by atoms with E-state index in [9.17, 15) is 31.1 Å². The number of anilines is 5. The second kappa shape index (κ2) is 13.4. The van der Waals surface area contributed by atoms with Gasteiger partial charge in [0.25, 0.3) is 5.91 Å². The molecule has 0 spiro atoms. The van der Waals surface area contributed by atoms with Crippen LogP contribution in [0.2, 0.25) is 0 Å². The van der Waals surface area contributed by atoms with E-state index in [4.69, 9.17) is 14.6 Å². The maximum absolute atomic E-state index is 13.7. The third-order valence-electron chi connectivity index (χ3n) is 5.97. The van der Waals surface area contributed by atoms with Crippen molar-refractivity contribution in [2.45, 2.75) is 19.3 Å². The average molecular weight is 600 g/mol. The summed E-state index contributed by atoms with van der Waals surface area (Å²) in [6.45, 7) is 4.88. The first-order chi connectivity index (χ1) is 19.7. The number of ether oxygens (including phenoxy) is 1. The Hall–Kier alpha value is -4.53. The van der Waals surface area contributed by atoms with Crippen molar-refractivity contribution in [1.29, 1.82) is 0 Å². The predicted octanol–water partition coefficient (Wildman–Crippen LogP) is 5.73. The normalized spacial score (nSPS) is 13.5. The minimum atomic E-state index is -5.08. The van der Waals surface area contributed by atoms with E-state index in [0.717, 1.165) is 36.2 Å². The van der Waals surface area contributed by atoms with Crippen LogP contribution < -0.4 is 20.9 Å². The van der Waals surface area contributed by atoms with Gasteiger partial charge in [0, 0.05) is 43.8 Å². The van der Waals surface area contributed by atoms with Crippen LogP contribution in [0.3, 0.4) is 0 Å². The van der Waals surface area contributed by atoms with Crippen LogP contribution in [0.25, 0.3) is 0 Å². The fraction of sp³-hybridized carbons (Fsp3) is 0.296. The molecule has 0 radical (unpaired) electrons. The van der Waals surface area contributed by atoms with Crippen LogP contribution in [0.1, 0.15) is 21.5 Å². The number of carbonyl (C=O) groups is 2. The van der Waals surface area contributed by atoms with Gasteiger partial charge >= 0.3 is 18.3 Å². The third-order valence-corrected chi connectivity index (χ3v) is 5.97. The molecule has 1 fully saturated rings. The monoisotopic (exact) mass is 599 g/mol. The van der Waals surface area contributed by atoms with E-state index in [1.165, 1.54) is 19.2 Å². The molecule has 0 aliphatic carbocycles. The summed E-state index contributed by atoms with van der Waals surface area (Å²) in [5, 5.41) is 15.5. The second-order valence-corrected chi connectivity index (χ2v) is 8.89. The fourth-order valence-electron chi connectivity index (χ4n) is 3.87. The highest BCUT2D eigenvalue weighted by atomic mass is 19.4. The minimum Gasteiger partial charge on any atom is -0.475 e. The van der Waals surface area contributed by atoms with Crippen molar-refractivity contribution in [3.05, 3.63) is 71.4 Å². The van der Waals surface area contributed by atoms with Crippen molar-refractivity contribution in [2.24, 2.45) is 0 Å². The first kappa shape index (κ1) is 32.0. The number of para-hydroxylation sites is 1. The van der Waals surface area contributed by atoms with E-state index in [0.29, 0.717) is 13.2 Å². The smallest absolute Gasteiger partial charge is 0.475 e. The number of nitrogens with zero attached hydrogens (tertiary/aromatic N) is 2. The van der Waals surface area contributed by atoms with Crippen molar-refractivity contribution in [2.75, 3.05) is 48.9 Å². The highest BCUT2D eigenvalue weighted by Gasteiger charge is 2.38. The molecule has 1 saturated heterocycles. The molecule has 4 N–H and O–H groups in total. The first-order valence-corrected chi connectivity index (χ1v) is 12.4. The van der Waals surface area contributed by atoms with Crippen molar-refractivity contribution in [1.82, 2.24) is 10.3 Å². The summed E-state index contributed by atoms with van der Waals surface area (Å²) in [5.41, 5.74) is 2.04. The van der Waals surface area contributed by atoms with Crippen molar-refractivity contribution >= 4 is 40.4 Å². The largest absolute Gasteiger partial charge is 0.490 e. The molecule has 0 atom stereocenters. The zero-order valence-corrected chi connectivity index (χ0v) is 22.4. The SMILES string of the molecule is CNC(=O)c1ccccc1Nc1cc(Nc2ccc(N3CCOCC3)cc2C)ncc1C(F)(F)F.O=C(O)C(F)(F)F. The molecule has 15 heteroatoms. The van der Waals surface area contributed by atoms with E-state index >= 15 is 0 Å². The molecule has 9 nitrogen and oxygen atoms in total.